The minimum absolute atomic E-state index is 0.0426. The summed E-state index contributed by atoms with van der Waals surface area (Å²) in [6.45, 7) is 3.23. The number of carbonyl (C=O) groups is 2. The Bertz CT molecular complexity index is 681. The molecular weight excluding hydrogens is 381 g/mol. The molecule has 1 amide bonds. The topological polar surface area (TPSA) is 105 Å². The van der Waals surface area contributed by atoms with E-state index in [1.807, 2.05) is 6.07 Å². The molecule has 1 saturated carbocycles. The van der Waals surface area contributed by atoms with Gasteiger partial charge in [0.25, 0.3) is 0 Å². The van der Waals surface area contributed by atoms with Crippen LogP contribution in [0.5, 0.6) is 0 Å². The molecule has 2 N–H and O–H groups in total. The lowest BCUT2D eigenvalue weighted by atomic mass is 10.2. The molecule has 1 aliphatic carbocycles. The third-order valence-corrected chi connectivity index (χ3v) is 4.45. The Kier molecular flexibility index (Phi) is 7.55. The van der Waals surface area contributed by atoms with Gasteiger partial charge in [0.2, 0.25) is 5.91 Å². The number of ether oxygens (including phenoxy) is 1. The number of aliphatic carboxylic acids is 1. The van der Waals surface area contributed by atoms with Crippen LogP contribution in [-0.4, -0.2) is 63.8 Å². The quantitative estimate of drug-likeness (QED) is 0.797. The summed E-state index contributed by atoms with van der Waals surface area (Å²) < 4.78 is 37.2. The number of amides is 1. The lowest BCUT2D eigenvalue weighted by Crippen LogP contribution is -2.43. The number of nitrogens with zero attached hydrogens (tertiary/aromatic N) is 3. The first-order valence-electron chi connectivity index (χ1n) is 8.93. The Morgan fingerprint density at radius 3 is 2.54 bits per heavy atom. The van der Waals surface area contributed by atoms with Gasteiger partial charge < -0.3 is 20.1 Å². The predicted molar refractivity (Wildman–Crippen MR) is 92.5 cm³/mol. The summed E-state index contributed by atoms with van der Waals surface area (Å²) in [7, 11) is 0. The van der Waals surface area contributed by atoms with E-state index in [4.69, 9.17) is 14.6 Å². The molecule has 3 rings (SSSR count). The molecule has 11 heteroatoms. The largest absolute Gasteiger partial charge is 0.490 e. The average molecular weight is 404 g/mol. The summed E-state index contributed by atoms with van der Waals surface area (Å²) in [5.74, 6) is -1.21. The van der Waals surface area contributed by atoms with Gasteiger partial charge in [-0.15, -0.1) is 0 Å². The van der Waals surface area contributed by atoms with Gasteiger partial charge in [-0.05, 0) is 18.9 Å². The van der Waals surface area contributed by atoms with Crippen LogP contribution in [-0.2, 0) is 14.3 Å². The van der Waals surface area contributed by atoms with Crippen LogP contribution in [0, 0.1) is 0 Å². The lowest BCUT2D eigenvalue weighted by molar-refractivity contribution is -0.192. The van der Waals surface area contributed by atoms with E-state index in [0.29, 0.717) is 31.6 Å². The van der Waals surface area contributed by atoms with Crippen LogP contribution >= 0.6 is 0 Å². The molecule has 0 bridgehead atoms. The van der Waals surface area contributed by atoms with E-state index in [9.17, 15) is 18.0 Å². The Hall–Kier alpha value is -2.43. The third-order valence-electron chi connectivity index (χ3n) is 4.45. The number of carboxylic acid groups (broad SMARTS) is 1. The lowest BCUT2D eigenvalue weighted by Gasteiger charge is -2.33. The zero-order valence-corrected chi connectivity index (χ0v) is 15.4. The zero-order valence-electron chi connectivity index (χ0n) is 15.4. The Labute approximate surface area is 160 Å². The van der Waals surface area contributed by atoms with Crippen LogP contribution in [0.1, 0.15) is 44.5 Å². The summed E-state index contributed by atoms with van der Waals surface area (Å²) in [6.07, 6.45) is 1.64. The van der Waals surface area contributed by atoms with Gasteiger partial charge in [0, 0.05) is 25.7 Å². The van der Waals surface area contributed by atoms with E-state index in [1.54, 1.807) is 18.0 Å². The molecule has 1 atom stereocenters. The number of anilines is 1. The molecule has 2 aliphatic rings. The molecule has 2 fully saturated rings. The second-order valence-corrected chi connectivity index (χ2v) is 6.53. The van der Waals surface area contributed by atoms with E-state index in [0.717, 1.165) is 5.82 Å². The van der Waals surface area contributed by atoms with Gasteiger partial charge in [-0.2, -0.15) is 13.2 Å². The maximum absolute atomic E-state index is 11.7. The van der Waals surface area contributed by atoms with Crippen molar-refractivity contribution < 1.29 is 32.6 Å². The molecule has 0 radical (unpaired) electrons. The smallest absolute Gasteiger partial charge is 0.475 e. The van der Waals surface area contributed by atoms with Crippen molar-refractivity contribution >= 4 is 17.7 Å². The summed E-state index contributed by atoms with van der Waals surface area (Å²) in [4.78, 5) is 31.4. The fourth-order valence-electron chi connectivity index (χ4n) is 3.09. The minimum Gasteiger partial charge on any atom is -0.475 e. The van der Waals surface area contributed by atoms with Crippen LogP contribution in [0.3, 0.4) is 0 Å². The van der Waals surface area contributed by atoms with E-state index in [2.05, 4.69) is 15.3 Å². The number of hydrogen-bond acceptors (Lipinski definition) is 6. The summed E-state index contributed by atoms with van der Waals surface area (Å²) in [5, 5.41) is 10.6. The van der Waals surface area contributed by atoms with Crippen LogP contribution in [0.25, 0.3) is 0 Å². The van der Waals surface area contributed by atoms with Crippen molar-refractivity contribution in [3.63, 3.8) is 0 Å². The van der Waals surface area contributed by atoms with Gasteiger partial charge in [0.05, 0.1) is 13.2 Å². The normalized spacial score (nSPS) is 20.3. The van der Waals surface area contributed by atoms with Gasteiger partial charge in [0.15, 0.2) is 5.82 Å². The first-order valence-corrected chi connectivity index (χ1v) is 8.93. The van der Waals surface area contributed by atoms with E-state index in [-0.39, 0.29) is 11.9 Å². The molecule has 1 aromatic heterocycles. The Morgan fingerprint density at radius 1 is 1.32 bits per heavy atom. The number of hydrogen-bond donors (Lipinski definition) is 2. The molecule has 2 heterocycles. The molecule has 1 unspecified atom stereocenters. The van der Waals surface area contributed by atoms with Crippen molar-refractivity contribution in [2.75, 3.05) is 25.1 Å². The van der Waals surface area contributed by atoms with E-state index >= 15 is 0 Å². The molecule has 1 aromatic rings. The van der Waals surface area contributed by atoms with Gasteiger partial charge in [-0.3, -0.25) is 4.79 Å². The number of halogens is 3. The molecule has 28 heavy (non-hydrogen) atoms. The summed E-state index contributed by atoms with van der Waals surface area (Å²) in [6, 6.07) is 2.23. The summed E-state index contributed by atoms with van der Waals surface area (Å²) >= 11 is 0. The maximum atomic E-state index is 11.7. The minimum atomic E-state index is -5.08. The van der Waals surface area contributed by atoms with Crippen LogP contribution < -0.4 is 5.32 Å². The number of carboxylic acids is 1. The Morgan fingerprint density at radius 2 is 1.96 bits per heavy atom. The SMILES string of the molecule is CC(=O)N1CCOCC1c1nccc(NC2CCCC2)n1.O=C(O)C(F)(F)F. The second-order valence-electron chi connectivity index (χ2n) is 6.53. The molecule has 0 aromatic carbocycles. The van der Waals surface area contributed by atoms with Crippen LogP contribution in [0.4, 0.5) is 19.0 Å². The standard InChI is InChI=1S/C15H22N4O2.C2HF3O2/c1-11(20)19-8-9-21-10-13(19)15-16-7-6-14(18-15)17-12-4-2-3-5-12;3-2(4,5)1(6)7/h6-7,12-13H,2-5,8-10H2,1H3,(H,16,17,18);(H,6,7). The number of morpholine rings is 1. The van der Waals surface area contributed by atoms with E-state index < -0.39 is 12.1 Å². The highest BCUT2D eigenvalue weighted by Gasteiger charge is 2.38. The second kappa shape index (κ2) is 9.67. The van der Waals surface area contributed by atoms with Crippen molar-refractivity contribution in [2.24, 2.45) is 0 Å². The first-order chi connectivity index (χ1) is 13.2. The third kappa shape index (κ3) is 6.32. The number of aromatic nitrogens is 2. The van der Waals surface area contributed by atoms with Gasteiger partial charge in [0.1, 0.15) is 11.9 Å². The van der Waals surface area contributed by atoms with Gasteiger partial charge >= 0.3 is 12.1 Å². The highest BCUT2D eigenvalue weighted by molar-refractivity contribution is 5.74. The van der Waals surface area contributed by atoms with Crippen molar-refractivity contribution in [1.82, 2.24) is 14.9 Å². The van der Waals surface area contributed by atoms with E-state index in [1.165, 1.54) is 25.7 Å². The molecule has 1 aliphatic heterocycles. The van der Waals surface area contributed by atoms with Crippen molar-refractivity contribution in [1.29, 1.82) is 0 Å². The maximum Gasteiger partial charge on any atom is 0.490 e. The fourth-order valence-corrected chi connectivity index (χ4v) is 3.09. The van der Waals surface area contributed by atoms with Crippen LogP contribution in [0.2, 0.25) is 0 Å². The first kappa shape index (κ1) is 21.9. The molecule has 8 nitrogen and oxygen atoms in total. The molecule has 156 valence electrons. The monoisotopic (exact) mass is 404 g/mol. The zero-order chi connectivity index (χ0) is 20.7. The summed E-state index contributed by atoms with van der Waals surface area (Å²) in [5.41, 5.74) is 0. The molecular formula is C17H23F3N4O4. The molecule has 0 spiro atoms. The number of carbonyl (C=O) groups excluding carboxylic acids is 1. The predicted octanol–water partition coefficient (Wildman–Crippen LogP) is 2.38. The van der Waals surface area contributed by atoms with Crippen LogP contribution in [0.15, 0.2) is 12.3 Å². The van der Waals surface area contributed by atoms with Crippen molar-refractivity contribution in [2.45, 2.75) is 50.9 Å². The highest BCUT2D eigenvalue weighted by Crippen LogP contribution is 2.24. The van der Waals surface area contributed by atoms with Gasteiger partial charge in [-0.25, -0.2) is 14.8 Å². The number of nitrogens with one attached hydrogen (secondary N) is 1. The molecule has 1 saturated heterocycles. The number of alkyl halides is 3. The van der Waals surface area contributed by atoms with Gasteiger partial charge in [-0.1, -0.05) is 12.8 Å². The number of rotatable bonds is 3. The van der Waals surface area contributed by atoms with Crippen molar-refractivity contribution in [3.8, 4) is 0 Å². The van der Waals surface area contributed by atoms with Crippen molar-refractivity contribution in [3.05, 3.63) is 18.1 Å². The fraction of sp³-hybridized carbons (Fsp3) is 0.647. The average Bonchev–Trinajstić information content (AvgIpc) is 3.14. The Balaban J connectivity index is 0.000000345. The highest BCUT2D eigenvalue weighted by atomic mass is 19.4.